The van der Waals surface area contributed by atoms with Crippen molar-refractivity contribution in [3.05, 3.63) is 11.8 Å². The quantitative estimate of drug-likeness (QED) is 0.493. The zero-order chi connectivity index (χ0) is 11.5. The van der Waals surface area contributed by atoms with E-state index < -0.39 is 6.29 Å². The fraction of sp³-hybridized carbons (Fsp3) is 0.636. The first-order valence-electron chi connectivity index (χ1n) is 5.43. The Morgan fingerprint density at radius 1 is 1.62 bits per heavy atom. The number of carbonyl (C=O) groups excluding carboxylic acids is 1. The van der Waals surface area contributed by atoms with Gasteiger partial charge in [0.05, 0.1) is 6.04 Å². The van der Waals surface area contributed by atoms with Gasteiger partial charge in [-0.05, 0) is 24.8 Å². The summed E-state index contributed by atoms with van der Waals surface area (Å²) in [5.74, 6) is 1.08. The van der Waals surface area contributed by atoms with Crippen LogP contribution in [0, 0.1) is 5.92 Å². The van der Waals surface area contributed by atoms with E-state index in [0.29, 0.717) is 18.1 Å². The standard InChI is InChI=1S/C11H15NO4/c13-5-1-2-7-3-4-8(11-10(7)12-11)16-6-9(14)15/h4-5,7,9-10,14-15H,1-3,6H2. The van der Waals surface area contributed by atoms with Crippen LogP contribution < -0.4 is 0 Å². The summed E-state index contributed by atoms with van der Waals surface area (Å²) in [5, 5.41) is 17.4. The number of aldehydes is 1. The van der Waals surface area contributed by atoms with Crippen LogP contribution in [0.1, 0.15) is 19.3 Å². The minimum Gasteiger partial charge on any atom is -0.487 e. The van der Waals surface area contributed by atoms with Gasteiger partial charge in [0.1, 0.15) is 24.4 Å². The van der Waals surface area contributed by atoms with Crippen LogP contribution >= 0.6 is 0 Å². The topological polar surface area (TPSA) is 79.1 Å². The van der Waals surface area contributed by atoms with Crippen LogP contribution in [0.25, 0.3) is 0 Å². The van der Waals surface area contributed by atoms with Gasteiger partial charge in [-0.25, -0.2) is 0 Å². The third kappa shape index (κ3) is 2.48. The Kier molecular flexibility index (Phi) is 3.36. The van der Waals surface area contributed by atoms with Crippen LogP contribution in [0.2, 0.25) is 0 Å². The molecule has 1 heterocycles. The van der Waals surface area contributed by atoms with E-state index in [1.165, 1.54) is 0 Å². The van der Waals surface area contributed by atoms with Gasteiger partial charge in [-0.2, -0.15) is 0 Å². The van der Waals surface area contributed by atoms with Crippen LogP contribution in [0.4, 0.5) is 0 Å². The number of ether oxygens (including phenoxy) is 1. The van der Waals surface area contributed by atoms with Gasteiger partial charge in [0.15, 0.2) is 6.29 Å². The molecule has 5 heteroatoms. The lowest BCUT2D eigenvalue weighted by atomic mass is 9.89. The molecule has 0 radical (unpaired) electrons. The first-order chi connectivity index (χ1) is 7.72. The molecule has 0 aromatic heterocycles. The van der Waals surface area contributed by atoms with Crippen molar-refractivity contribution in [1.29, 1.82) is 0 Å². The van der Waals surface area contributed by atoms with Crippen LogP contribution in [0.15, 0.2) is 16.8 Å². The van der Waals surface area contributed by atoms with Gasteiger partial charge < -0.3 is 19.7 Å². The minimum atomic E-state index is -1.45. The van der Waals surface area contributed by atoms with E-state index in [0.717, 1.165) is 24.8 Å². The SMILES string of the molecule is O=CCCC1CC=C(OCC(O)O)C2=NC21. The van der Waals surface area contributed by atoms with Gasteiger partial charge in [0.25, 0.3) is 0 Å². The molecule has 2 atom stereocenters. The van der Waals surface area contributed by atoms with E-state index in [1.54, 1.807) is 0 Å². The number of hydrogen-bond donors (Lipinski definition) is 2. The van der Waals surface area contributed by atoms with E-state index in [4.69, 9.17) is 14.9 Å². The molecule has 2 aliphatic rings. The molecule has 5 nitrogen and oxygen atoms in total. The fourth-order valence-electron chi connectivity index (χ4n) is 2.00. The predicted molar refractivity (Wildman–Crippen MR) is 56.9 cm³/mol. The molecule has 1 aliphatic heterocycles. The Hall–Kier alpha value is -1.20. The molecule has 1 aliphatic carbocycles. The van der Waals surface area contributed by atoms with Crippen molar-refractivity contribution in [1.82, 2.24) is 0 Å². The monoisotopic (exact) mass is 225 g/mol. The second-order valence-corrected chi connectivity index (χ2v) is 4.06. The molecule has 2 unspecified atom stereocenters. The summed E-state index contributed by atoms with van der Waals surface area (Å²) in [6, 6.07) is 0.191. The van der Waals surface area contributed by atoms with Gasteiger partial charge in [0, 0.05) is 6.42 Å². The molecule has 2 N–H and O–H groups in total. The first kappa shape index (κ1) is 11.3. The van der Waals surface area contributed by atoms with Crippen LogP contribution in [0.5, 0.6) is 0 Å². The molecule has 0 saturated heterocycles. The van der Waals surface area contributed by atoms with Crippen molar-refractivity contribution < 1.29 is 19.7 Å². The first-order valence-corrected chi connectivity index (χ1v) is 5.43. The molecule has 0 bridgehead atoms. The van der Waals surface area contributed by atoms with Crippen LogP contribution in [0.3, 0.4) is 0 Å². The number of aliphatic hydroxyl groups is 2. The van der Waals surface area contributed by atoms with Crippen molar-refractivity contribution in [2.24, 2.45) is 10.9 Å². The fourth-order valence-corrected chi connectivity index (χ4v) is 2.00. The summed E-state index contributed by atoms with van der Waals surface area (Å²) in [6.45, 7) is -0.128. The summed E-state index contributed by atoms with van der Waals surface area (Å²) in [6.07, 6.45) is 3.66. The zero-order valence-corrected chi connectivity index (χ0v) is 8.87. The number of carbonyl (C=O) groups is 1. The van der Waals surface area contributed by atoms with Crippen molar-refractivity contribution in [2.45, 2.75) is 31.6 Å². The molecular weight excluding hydrogens is 210 g/mol. The Labute approximate surface area is 93.4 Å². The Morgan fingerprint density at radius 2 is 2.44 bits per heavy atom. The maximum Gasteiger partial charge on any atom is 0.186 e. The zero-order valence-electron chi connectivity index (χ0n) is 8.87. The Balaban J connectivity index is 1.83. The number of nitrogens with zero attached hydrogens (tertiary/aromatic N) is 1. The van der Waals surface area contributed by atoms with E-state index in [2.05, 4.69) is 4.99 Å². The van der Waals surface area contributed by atoms with E-state index in [1.807, 2.05) is 6.08 Å². The molecule has 0 fully saturated rings. The largest absolute Gasteiger partial charge is 0.487 e. The lowest BCUT2D eigenvalue weighted by molar-refractivity contribution is -0.108. The highest BCUT2D eigenvalue weighted by Gasteiger charge is 2.41. The average Bonchev–Trinajstić information content (AvgIpc) is 3.03. The van der Waals surface area contributed by atoms with Gasteiger partial charge >= 0.3 is 0 Å². The van der Waals surface area contributed by atoms with E-state index in [9.17, 15) is 4.79 Å². The molecular formula is C11H15NO4. The lowest BCUT2D eigenvalue weighted by Crippen LogP contribution is -2.22. The van der Waals surface area contributed by atoms with Crippen molar-refractivity contribution in [2.75, 3.05) is 6.61 Å². The lowest BCUT2D eigenvalue weighted by Gasteiger charge is -2.18. The van der Waals surface area contributed by atoms with Gasteiger partial charge in [0.2, 0.25) is 0 Å². The van der Waals surface area contributed by atoms with Crippen LogP contribution in [-0.4, -0.2) is 41.1 Å². The summed E-state index contributed by atoms with van der Waals surface area (Å²) in [5.41, 5.74) is 0.905. The Bertz CT molecular complexity index is 335. The van der Waals surface area contributed by atoms with E-state index in [-0.39, 0.29) is 12.6 Å². The summed E-state index contributed by atoms with van der Waals surface area (Å²) >= 11 is 0. The molecule has 0 saturated carbocycles. The molecule has 0 aromatic carbocycles. The van der Waals surface area contributed by atoms with Gasteiger partial charge in [-0.15, -0.1) is 0 Å². The predicted octanol–water partition coefficient (Wildman–Crippen LogP) is 0.0198. The number of rotatable bonds is 6. The van der Waals surface area contributed by atoms with Gasteiger partial charge in [-0.3, -0.25) is 4.99 Å². The highest BCUT2D eigenvalue weighted by Crippen LogP contribution is 2.36. The molecule has 0 amide bonds. The second kappa shape index (κ2) is 4.76. The minimum absolute atomic E-state index is 0.128. The number of fused-ring (bicyclic) bond motifs is 1. The third-order valence-electron chi connectivity index (χ3n) is 2.84. The molecule has 88 valence electrons. The number of aliphatic hydroxyl groups excluding tert-OH is 1. The molecule has 2 rings (SSSR count). The van der Waals surface area contributed by atoms with Gasteiger partial charge in [-0.1, -0.05) is 0 Å². The third-order valence-corrected chi connectivity index (χ3v) is 2.84. The second-order valence-electron chi connectivity index (χ2n) is 4.06. The summed E-state index contributed by atoms with van der Waals surface area (Å²) in [7, 11) is 0. The summed E-state index contributed by atoms with van der Waals surface area (Å²) < 4.78 is 5.21. The van der Waals surface area contributed by atoms with E-state index >= 15 is 0 Å². The molecule has 0 spiro atoms. The molecule has 0 aromatic rings. The Morgan fingerprint density at radius 3 is 3.12 bits per heavy atom. The van der Waals surface area contributed by atoms with Crippen LogP contribution in [-0.2, 0) is 9.53 Å². The van der Waals surface area contributed by atoms with Crippen molar-refractivity contribution >= 4 is 12.0 Å². The summed E-state index contributed by atoms with van der Waals surface area (Å²) in [4.78, 5) is 14.6. The highest BCUT2D eigenvalue weighted by molar-refractivity contribution is 6.12. The smallest absolute Gasteiger partial charge is 0.186 e. The molecule has 16 heavy (non-hydrogen) atoms. The maximum atomic E-state index is 10.3. The normalized spacial score (nSPS) is 26.9. The van der Waals surface area contributed by atoms with Crippen molar-refractivity contribution in [3.8, 4) is 0 Å². The number of aliphatic imine (C=N–C) groups is 1. The number of hydrogen-bond acceptors (Lipinski definition) is 5. The number of allylic oxidation sites excluding steroid dienone is 1. The average molecular weight is 225 g/mol. The maximum absolute atomic E-state index is 10.3. The van der Waals surface area contributed by atoms with Crippen molar-refractivity contribution in [3.63, 3.8) is 0 Å². The highest BCUT2D eigenvalue weighted by atomic mass is 16.5.